The number of carbonyl (C=O) groups excluding carboxylic acids is 1. The van der Waals surface area contributed by atoms with E-state index in [-0.39, 0.29) is 12.5 Å². The van der Waals surface area contributed by atoms with Crippen LogP contribution in [0.5, 0.6) is 0 Å². The maximum Gasteiger partial charge on any atom is 0.239 e. The van der Waals surface area contributed by atoms with Crippen molar-refractivity contribution in [2.75, 3.05) is 18.5 Å². The lowest BCUT2D eigenvalue weighted by atomic mass is 10.4. The highest BCUT2D eigenvalue weighted by Crippen LogP contribution is 2.13. The Balaban J connectivity index is 1.57. The minimum absolute atomic E-state index is 0.104. The molecule has 8 heteroatoms. The van der Waals surface area contributed by atoms with Gasteiger partial charge in [-0.25, -0.2) is 9.97 Å². The van der Waals surface area contributed by atoms with E-state index in [0.29, 0.717) is 17.4 Å². The van der Waals surface area contributed by atoms with Crippen molar-refractivity contribution in [3.05, 3.63) is 58.0 Å². The van der Waals surface area contributed by atoms with Crippen molar-refractivity contribution in [1.82, 2.24) is 19.7 Å². The van der Waals surface area contributed by atoms with Crippen LogP contribution in [0.4, 0.5) is 5.82 Å². The molecule has 3 aromatic rings. The lowest BCUT2D eigenvalue weighted by molar-refractivity contribution is -0.119. The van der Waals surface area contributed by atoms with E-state index < -0.39 is 0 Å². The van der Waals surface area contributed by atoms with Gasteiger partial charge in [-0.1, -0.05) is 11.6 Å². The molecule has 0 unspecified atom stereocenters. The Hall–Kier alpha value is -2.12. The summed E-state index contributed by atoms with van der Waals surface area (Å²) in [6, 6.07) is 7.36. The molecule has 3 rings (SSSR count). The number of rotatable bonds is 5. The monoisotopic (exact) mass is 407 g/mol. The molecule has 0 aliphatic heterocycles. The second-order valence-electron chi connectivity index (χ2n) is 5.31. The third-order valence-corrected chi connectivity index (χ3v) is 4.11. The van der Waals surface area contributed by atoms with Crippen LogP contribution in [0.2, 0.25) is 5.02 Å². The quantitative estimate of drug-likeness (QED) is 0.705. The number of likely N-dealkylation sites (N-methyl/N-ethyl adjacent to an activating group) is 1. The fraction of sp³-hybridized carbons (Fsp3) is 0.188. The number of fused-ring (bicyclic) bond motifs is 1. The summed E-state index contributed by atoms with van der Waals surface area (Å²) in [5.74, 6) is 0.583. The van der Waals surface area contributed by atoms with E-state index in [1.54, 1.807) is 30.3 Å². The van der Waals surface area contributed by atoms with Crippen molar-refractivity contribution < 1.29 is 4.79 Å². The zero-order chi connectivity index (χ0) is 17.1. The summed E-state index contributed by atoms with van der Waals surface area (Å²) in [5.41, 5.74) is 1.64. The van der Waals surface area contributed by atoms with Crippen LogP contribution < -0.4 is 10.2 Å². The molecule has 0 radical (unpaired) electrons. The molecule has 1 amide bonds. The molecule has 0 aromatic carbocycles. The maximum atomic E-state index is 12.1. The number of nitrogens with zero attached hydrogens (tertiary/aromatic N) is 4. The van der Waals surface area contributed by atoms with Crippen LogP contribution in [0.1, 0.15) is 5.69 Å². The molecule has 3 heterocycles. The first-order valence-electron chi connectivity index (χ1n) is 7.24. The van der Waals surface area contributed by atoms with Gasteiger partial charge in [0.15, 0.2) is 0 Å². The number of carbonyl (C=O) groups is 1. The van der Waals surface area contributed by atoms with E-state index in [1.165, 1.54) is 0 Å². The SMILES string of the molecule is CN(CC(=O)NCc1cn2cc(Br)ccc2n1)c1ccc(Cl)cn1. The van der Waals surface area contributed by atoms with Crippen molar-refractivity contribution in [2.45, 2.75) is 6.54 Å². The van der Waals surface area contributed by atoms with Crippen molar-refractivity contribution in [1.29, 1.82) is 0 Å². The Morgan fingerprint density at radius 1 is 1.33 bits per heavy atom. The smallest absolute Gasteiger partial charge is 0.239 e. The summed E-state index contributed by atoms with van der Waals surface area (Å²) >= 11 is 9.23. The number of hydrogen-bond donors (Lipinski definition) is 1. The fourth-order valence-electron chi connectivity index (χ4n) is 2.24. The summed E-state index contributed by atoms with van der Waals surface area (Å²) in [4.78, 5) is 22.5. The van der Waals surface area contributed by atoms with E-state index in [2.05, 4.69) is 31.2 Å². The Morgan fingerprint density at radius 3 is 2.92 bits per heavy atom. The molecule has 3 aromatic heterocycles. The van der Waals surface area contributed by atoms with Gasteiger partial charge in [-0.05, 0) is 40.2 Å². The van der Waals surface area contributed by atoms with E-state index in [9.17, 15) is 4.79 Å². The molecular formula is C16H15BrClN5O. The van der Waals surface area contributed by atoms with Crippen LogP contribution in [-0.2, 0) is 11.3 Å². The average molecular weight is 409 g/mol. The van der Waals surface area contributed by atoms with E-state index in [1.807, 2.05) is 28.9 Å². The van der Waals surface area contributed by atoms with Crippen LogP contribution in [0.15, 0.2) is 47.3 Å². The molecule has 0 saturated heterocycles. The number of anilines is 1. The summed E-state index contributed by atoms with van der Waals surface area (Å²) in [6.45, 7) is 0.577. The summed E-state index contributed by atoms with van der Waals surface area (Å²) in [6.07, 6.45) is 5.37. The second kappa shape index (κ2) is 7.19. The lowest BCUT2D eigenvalue weighted by Crippen LogP contribution is -2.35. The third-order valence-electron chi connectivity index (χ3n) is 3.42. The number of hydrogen-bond acceptors (Lipinski definition) is 4. The molecule has 0 aliphatic carbocycles. The van der Waals surface area contributed by atoms with E-state index >= 15 is 0 Å². The molecular weight excluding hydrogens is 394 g/mol. The Bertz CT molecular complexity index is 865. The lowest BCUT2D eigenvalue weighted by Gasteiger charge is -2.17. The minimum Gasteiger partial charge on any atom is -0.350 e. The Kier molecular flexibility index (Phi) is 5.01. The van der Waals surface area contributed by atoms with Crippen LogP contribution in [0.3, 0.4) is 0 Å². The van der Waals surface area contributed by atoms with E-state index in [0.717, 1.165) is 15.8 Å². The standard InChI is InChI=1S/C16H15BrClN5O/c1-22(14-5-3-12(18)6-19-14)10-16(24)20-7-13-9-23-8-11(17)2-4-15(23)21-13/h2-6,8-9H,7,10H2,1H3,(H,20,24). The van der Waals surface area contributed by atoms with Gasteiger partial charge in [0.05, 0.1) is 23.8 Å². The highest BCUT2D eigenvalue weighted by molar-refractivity contribution is 9.10. The van der Waals surface area contributed by atoms with Crippen LogP contribution >= 0.6 is 27.5 Å². The van der Waals surface area contributed by atoms with Gasteiger partial charge in [0.2, 0.25) is 5.91 Å². The van der Waals surface area contributed by atoms with Gasteiger partial charge in [0, 0.05) is 30.1 Å². The molecule has 124 valence electrons. The van der Waals surface area contributed by atoms with Crippen molar-refractivity contribution in [3.8, 4) is 0 Å². The normalized spacial score (nSPS) is 10.8. The molecule has 0 bridgehead atoms. The van der Waals surface area contributed by atoms with Gasteiger partial charge in [-0.3, -0.25) is 4.79 Å². The van der Waals surface area contributed by atoms with Gasteiger partial charge < -0.3 is 14.6 Å². The minimum atomic E-state index is -0.104. The number of amides is 1. The number of nitrogens with one attached hydrogen (secondary N) is 1. The molecule has 0 aliphatic rings. The molecule has 6 nitrogen and oxygen atoms in total. The van der Waals surface area contributed by atoms with Crippen molar-refractivity contribution in [2.24, 2.45) is 0 Å². The predicted octanol–water partition coefficient (Wildman–Crippen LogP) is 2.90. The topological polar surface area (TPSA) is 62.5 Å². The molecule has 0 saturated carbocycles. The zero-order valence-corrected chi connectivity index (χ0v) is 15.3. The first kappa shape index (κ1) is 16.7. The number of aromatic nitrogens is 3. The summed E-state index contributed by atoms with van der Waals surface area (Å²) in [7, 11) is 1.80. The van der Waals surface area contributed by atoms with Crippen LogP contribution in [-0.4, -0.2) is 33.9 Å². The average Bonchev–Trinajstić information content (AvgIpc) is 2.95. The number of halogens is 2. The Morgan fingerprint density at radius 2 is 2.17 bits per heavy atom. The van der Waals surface area contributed by atoms with Crippen molar-refractivity contribution in [3.63, 3.8) is 0 Å². The highest BCUT2D eigenvalue weighted by atomic mass is 79.9. The molecule has 0 fully saturated rings. The predicted molar refractivity (Wildman–Crippen MR) is 97.3 cm³/mol. The van der Waals surface area contributed by atoms with Gasteiger partial charge in [-0.2, -0.15) is 0 Å². The summed E-state index contributed by atoms with van der Waals surface area (Å²) < 4.78 is 2.88. The van der Waals surface area contributed by atoms with E-state index in [4.69, 9.17) is 11.6 Å². The number of pyridine rings is 2. The second-order valence-corrected chi connectivity index (χ2v) is 6.66. The first-order valence-corrected chi connectivity index (χ1v) is 8.41. The highest BCUT2D eigenvalue weighted by Gasteiger charge is 2.09. The molecule has 0 atom stereocenters. The van der Waals surface area contributed by atoms with Gasteiger partial charge in [-0.15, -0.1) is 0 Å². The van der Waals surface area contributed by atoms with Crippen LogP contribution in [0, 0.1) is 0 Å². The zero-order valence-electron chi connectivity index (χ0n) is 12.9. The third kappa shape index (κ3) is 4.04. The Labute approximate surface area is 152 Å². The van der Waals surface area contributed by atoms with Gasteiger partial charge >= 0.3 is 0 Å². The molecule has 24 heavy (non-hydrogen) atoms. The molecule has 1 N–H and O–H groups in total. The fourth-order valence-corrected chi connectivity index (χ4v) is 2.70. The van der Waals surface area contributed by atoms with Gasteiger partial charge in [0.1, 0.15) is 11.5 Å². The van der Waals surface area contributed by atoms with Gasteiger partial charge in [0.25, 0.3) is 0 Å². The van der Waals surface area contributed by atoms with Crippen LogP contribution in [0.25, 0.3) is 5.65 Å². The molecule has 0 spiro atoms. The largest absolute Gasteiger partial charge is 0.350 e. The number of imidazole rings is 1. The summed E-state index contributed by atoms with van der Waals surface area (Å²) in [5, 5.41) is 3.43. The van der Waals surface area contributed by atoms with Crippen molar-refractivity contribution >= 4 is 44.9 Å². The first-order chi connectivity index (χ1) is 11.5. The maximum absolute atomic E-state index is 12.1.